The van der Waals surface area contributed by atoms with Gasteiger partial charge in [0.2, 0.25) is 0 Å². The van der Waals surface area contributed by atoms with Crippen molar-refractivity contribution in [2.75, 3.05) is 0 Å². The molecule has 0 atom stereocenters. The molecule has 16 heavy (non-hydrogen) atoms. The van der Waals surface area contributed by atoms with Crippen LogP contribution in [0.5, 0.6) is 0 Å². The molecule has 1 aromatic carbocycles. The van der Waals surface area contributed by atoms with Gasteiger partial charge in [-0.1, -0.05) is 0 Å². The Morgan fingerprint density at radius 1 is 0.875 bits per heavy atom. The van der Waals surface area contributed by atoms with Gasteiger partial charge in [-0.05, 0) is 0 Å². The Morgan fingerprint density at radius 3 is 1.69 bits per heavy atom. The maximum absolute atomic E-state index is 10.8. The molecular formula is C6BrN2O4Se3. The van der Waals surface area contributed by atoms with Gasteiger partial charge in [0.15, 0.2) is 0 Å². The third-order valence-corrected chi connectivity index (χ3v) is 6.84. The summed E-state index contributed by atoms with van der Waals surface area (Å²) in [6.45, 7) is 0. The first kappa shape index (κ1) is 14.1. The normalized spacial score (nSPS) is 10.1. The fourth-order valence-corrected chi connectivity index (χ4v) is 3.53. The molecule has 0 aliphatic rings. The second kappa shape index (κ2) is 5.14. The van der Waals surface area contributed by atoms with Crippen molar-refractivity contribution in [3.63, 3.8) is 0 Å². The zero-order valence-electron chi connectivity index (χ0n) is 7.13. The summed E-state index contributed by atoms with van der Waals surface area (Å²) in [5.74, 6) is 0. The third kappa shape index (κ3) is 2.33. The number of halogens is 1. The van der Waals surface area contributed by atoms with Gasteiger partial charge in [0.05, 0.1) is 0 Å². The molecule has 1 aromatic rings. The monoisotopic (exact) mass is 483 g/mol. The number of hydrogen-bond acceptors (Lipinski definition) is 4. The van der Waals surface area contributed by atoms with Crippen molar-refractivity contribution in [3.05, 3.63) is 24.7 Å². The van der Waals surface area contributed by atoms with E-state index in [0.717, 1.165) is 0 Å². The minimum atomic E-state index is -0.788. The maximum atomic E-state index is 10.8. The predicted octanol–water partition coefficient (Wildman–Crippen LogP) is -1.35. The van der Waals surface area contributed by atoms with Gasteiger partial charge in [-0.3, -0.25) is 0 Å². The number of nitro benzene ring substituents is 2. The van der Waals surface area contributed by atoms with Crippen molar-refractivity contribution < 1.29 is 9.85 Å². The standard InChI is InChI=1S/C6BrN2O4Se3/c7-1-2(8(10)11)3(9(12)13)5(15)6(16)4(1)14. The van der Waals surface area contributed by atoms with E-state index in [0.29, 0.717) is 8.92 Å². The van der Waals surface area contributed by atoms with Crippen LogP contribution in [0.1, 0.15) is 0 Å². The molecule has 0 amide bonds. The van der Waals surface area contributed by atoms with Crippen molar-refractivity contribution in [2.24, 2.45) is 0 Å². The summed E-state index contributed by atoms with van der Waals surface area (Å²) < 4.78 is 1.07. The van der Waals surface area contributed by atoms with E-state index >= 15 is 0 Å². The molecule has 10 heteroatoms. The van der Waals surface area contributed by atoms with Crippen LogP contribution in [0.15, 0.2) is 4.47 Å². The Kier molecular flexibility index (Phi) is 4.54. The van der Waals surface area contributed by atoms with Gasteiger partial charge in [-0.15, -0.1) is 0 Å². The van der Waals surface area contributed by atoms with Crippen molar-refractivity contribution in [1.82, 2.24) is 0 Å². The van der Waals surface area contributed by atoms with Crippen LogP contribution in [0.3, 0.4) is 0 Å². The molecule has 0 bridgehead atoms. The van der Waals surface area contributed by atoms with E-state index in [4.69, 9.17) is 0 Å². The zero-order chi connectivity index (χ0) is 12.6. The van der Waals surface area contributed by atoms with Crippen LogP contribution in [0.4, 0.5) is 11.4 Å². The summed E-state index contributed by atoms with van der Waals surface area (Å²) in [4.78, 5) is 20.0. The van der Waals surface area contributed by atoms with Crippen molar-refractivity contribution >= 4 is 88.7 Å². The second-order valence-corrected chi connectivity index (χ2v) is 5.88. The van der Waals surface area contributed by atoms with E-state index in [1.54, 1.807) is 0 Å². The quantitative estimate of drug-likeness (QED) is 0.297. The summed E-state index contributed by atoms with van der Waals surface area (Å²) >= 11 is 10.7. The molecule has 0 heterocycles. The topological polar surface area (TPSA) is 86.3 Å². The number of benzene rings is 1. The summed E-state index contributed by atoms with van der Waals surface area (Å²) in [5.41, 5.74) is -1.11. The molecule has 83 valence electrons. The van der Waals surface area contributed by atoms with Crippen molar-refractivity contribution in [2.45, 2.75) is 0 Å². The summed E-state index contributed by atoms with van der Waals surface area (Å²) in [6.07, 6.45) is 0. The third-order valence-electron chi connectivity index (χ3n) is 1.62. The van der Waals surface area contributed by atoms with Gasteiger partial charge in [0.25, 0.3) is 0 Å². The van der Waals surface area contributed by atoms with Gasteiger partial charge in [0.1, 0.15) is 0 Å². The van der Waals surface area contributed by atoms with E-state index < -0.39 is 21.2 Å². The molecule has 0 saturated carbocycles. The Balaban J connectivity index is 3.83. The number of nitrogens with zero attached hydrogens (tertiary/aromatic N) is 2. The first-order valence-corrected chi connectivity index (χ1v) is 6.84. The van der Waals surface area contributed by atoms with Crippen LogP contribution in [0, 0.1) is 20.2 Å². The fraction of sp³-hybridized carbons (Fsp3) is 0. The number of rotatable bonds is 2. The van der Waals surface area contributed by atoms with Crippen LogP contribution >= 0.6 is 15.9 Å². The molecule has 0 aliphatic heterocycles. The van der Waals surface area contributed by atoms with Gasteiger partial charge in [-0.2, -0.15) is 0 Å². The molecule has 6 nitrogen and oxygen atoms in total. The molecule has 0 N–H and O–H groups in total. The van der Waals surface area contributed by atoms with Gasteiger partial charge in [-0.25, -0.2) is 0 Å². The molecular weight excluding hydrogens is 481 g/mol. The van der Waals surface area contributed by atoms with Crippen LogP contribution < -0.4 is 13.4 Å². The Hall–Kier alpha value is 0.0584. The molecule has 0 fully saturated rings. The second-order valence-electron chi connectivity index (χ2n) is 2.51. The average Bonchev–Trinajstić information content (AvgIpc) is 2.18. The van der Waals surface area contributed by atoms with Crippen molar-refractivity contribution in [1.29, 1.82) is 0 Å². The molecule has 3 radical (unpaired) electrons. The van der Waals surface area contributed by atoms with Crippen LogP contribution in [-0.4, -0.2) is 57.9 Å². The molecule has 1 rings (SSSR count). The summed E-state index contributed by atoms with van der Waals surface area (Å²) in [6, 6.07) is 0. The minimum absolute atomic E-state index is 0.0666. The van der Waals surface area contributed by atoms with Gasteiger partial charge >= 0.3 is 123 Å². The fourth-order valence-electron chi connectivity index (χ4n) is 0.965. The Labute approximate surface area is 122 Å². The number of hydrogen-bond donors (Lipinski definition) is 0. The summed E-state index contributed by atoms with van der Waals surface area (Å²) in [7, 11) is 0. The van der Waals surface area contributed by atoms with E-state index in [-0.39, 0.29) is 8.93 Å². The first-order valence-electron chi connectivity index (χ1n) is 3.48. The van der Waals surface area contributed by atoms with Gasteiger partial charge in [0, 0.05) is 0 Å². The van der Waals surface area contributed by atoms with E-state index in [2.05, 4.69) is 64.0 Å². The Bertz CT molecular complexity index is 462. The SMILES string of the molecule is O=[N+]([O-])c1c([Se])c([Se])c([Se])c(Br)c1[N+](=O)[O-]. The first-order chi connectivity index (χ1) is 7.29. The zero-order valence-corrected chi connectivity index (χ0v) is 13.9. The molecule has 0 aromatic heterocycles. The van der Waals surface area contributed by atoms with Crippen LogP contribution in [0.25, 0.3) is 0 Å². The molecule has 0 unspecified atom stereocenters. The van der Waals surface area contributed by atoms with Gasteiger partial charge < -0.3 is 0 Å². The van der Waals surface area contributed by atoms with E-state index in [1.165, 1.54) is 0 Å². The van der Waals surface area contributed by atoms with E-state index in [1.807, 2.05) is 0 Å². The average molecular weight is 481 g/mol. The molecule has 0 spiro atoms. The van der Waals surface area contributed by atoms with E-state index in [9.17, 15) is 20.2 Å². The van der Waals surface area contributed by atoms with Crippen LogP contribution in [-0.2, 0) is 0 Å². The summed E-state index contributed by atoms with van der Waals surface area (Å²) in [5, 5.41) is 21.6. The molecule has 0 aliphatic carbocycles. The number of nitro groups is 2. The molecule has 0 saturated heterocycles. The predicted molar refractivity (Wildman–Crippen MR) is 63.6 cm³/mol. The Morgan fingerprint density at radius 2 is 1.31 bits per heavy atom. The van der Waals surface area contributed by atoms with Crippen molar-refractivity contribution in [3.8, 4) is 0 Å². The van der Waals surface area contributed by atoms with Crippen LogP contribution in [0.2, 0.25) is 0 Å².